The van der Waals surface area contributed by atoms with E-state index in [1.54, 1.807) is 6.20 Å². The molecule has 0 radical (unpaired) electrons. The number of rotatable bonds is 6. The maximum absolute atomic E-state index is 11.7. The molecule has 2 N–H and O–H groups in total. The van der Waals surface area contributed by atoms with Gasteiger partial charge in [-0.05, 0) is 55.9 Å². The Labute approximate surface area is 191 Å². The van der Waals surface area contributed by atoms with E-state index in [9.17, 15) is 9.90 Å². The number of fused-ring (bicyclic) bond motifs is 2. The van der Waals surface area contributed by atoms with Crippen LogP contribution in [0, 0.1) is 5.92 Å². The topological polar surface area (TPSA) is 87.0 Å². The summed E-state index contributed by atoms with van der Waals surface area (Å²) in [6.07, 6.45) is 8.11. The molecule has 0 amide bonds. The number of carboxylic acid groups (broad SMARTS) is 1. The average Bonchev–Trinajstić information content (AvgIpc) is 3.41. The molecule has 2 aliphatic rings. The Morgan fingerprint density at radius 2 is 2.06 bits per heavy atom. The monoisotopic (exact) mass is 439 g/mol. The van der Waals surface area contributed by atoms with E-state index in [0.717, 1.165) is 47.9 Å². The van der Waals surface area contributed by atoms with Gasteiger partial charge < -0.3 is 15.0 Å². The molecular formula is C26H25N5O2. The lowest BCUT2D eigenvalue weighted by molar-refractivity contribution is 0.0698. The van der Waals surface area contributed by atoms with Crippen molar-refractivity contribution in [2.24, 2.45) is 5.92 Å². The van der Waals surface area contributed by atoms with Crippen molar-refractivity contribution in [1.82, 2.24) is 19.7 Å². The van der Waals surface area contributed by atoms with Crippen LogP contribution in [0.15, 0.2) is 54.7 Å². The molecule has 7 nitrogen and oxygen atoms in total. The zero-order valence-electron chi connectivity index (χ0n) is 18.5. The van der Waals surface area contributed by atoms with E-state index in [2.05, 4.69) is 44.8 Å². The van der Waals surface area contributed by atoms with Crippen LogP contribution >= 0.6 is 0 Å². The van der Waals surface area contributed by atoms with Crippen molar-refractivity contribution in [2.75, 3.05) is 11.9 Å². The van der Waals surface area contributed by atoms with E-state index in [0.29, 0.717) is 17.0 Å². The van der Waals surface area contributed by atoms with Gasteiger partial charge >= 0.3 is 5.97 Å². The summed E-state index contributed by atoms with van der Waals surface area (Å²) >= 11 is 0. The van der Waals surface area contributed by atoms with Crippen molar-refractivity contribution < 1.29 is 9.90 Å². The number of nitrogens with one attached hydrogen (secondary N) is 1. The van der Waals surface area contributed by atoms with Gasteiger partial charge in [0.05, 0.1) is 33.7 Å². The molecule has 0 spiro atoms. The fourth-order valence-electron chi connectivity index (χ4n) is 4.79. The number of carbonyl (C=O) groups is 1. The number of aromatic amines is 1. The highest BCUT2D eigenvalue weighted by Crippen LogP contribution is 2.39. The molecule has 0 unspecified atom stereocenters. The van der Waals surface area contributed by atoms with Gasteiger partial charge in [-0.2, -0.15) is 5.10 Å². The minimum Gasteiger partial charge on any atom is -0.478 e. The van der Waals surface area contributed by atoms with Gasteiger partial charge in [-0.15, -0.1) is 0 Å². The third-order valence-electron chi connectivity index (χ3n) is 6.66. The van der Waals surface area contributed by atoms with Gasteiger partial charge in [-0.25, -0.2) is 4.79 Å². The number of aromatic nitrogens is 4. The van der Waals surface area contributed by atoms with Crippen molar-refractivity contribution in [3.05, 3.63) is 71.6 Å². The van der Waals surface area contributed by atoms with Crippen LogP contribution in [0.25, 0.3) is 28.1 Å². The van der Waals surface area contributed by atoms with Gasteiger partial charge in [0.25, 0.3) is 0 Å². The van der Waals surface area contributed by atoms with Crippen molar-refractivity contribution in [2.45, 2.75) is 32.2 Å². The van der Waals surface area contributed by atoms with Gasteiger partial charge in [0.1, 0.15) is 5.69 Å². The summed E-state index contributed by atoms with van der Waals surface area (Å²) in [7, 11) is 2.09. The smallest absolute Gasteiger partial charge is 0.337 e. The predicted octanol–water partition coefficient (Wildman–Crippen LogP) is 4.96. The Morgan fingerprint density at radius 3 is 2.82 bits per heavy atom. The standard InChI is InChI=1S/C26H25N5O2/c1-30(17-6-3-2-4-7-17)22-9-5-8-18-24(22)29-31(15-16-10-11-16)25(18)21-14-20-23(28-21)19(26(32)33)12-13-27-20/h2-4,6-7,9,12-14,16,28H,5,8,10-11,15H2,1H3,(H,32,33). The average molecular weight is 440 g/mol. The summed E-state index contributed by atoms with van der Waals surface area (Å²) in [5, 5.41) is 14.7. The summed E-state index contributed by atoms with van der Waals surface area (Å²) in [4.78, 5) is 21.7. The number of hydrogen-bond acceptors (Lipinski definition) is 4. The quantitative estimate of drug-likeness (QED) is 0.443. The summed E-state index contributed by atoms with van der Waals surface area (Å²) in [5.74, 6) is -0.305. The SMILES string of the molecule is CN(C1=CCCc2c1nn(CC1CC1)c2-c1cc2nccc(C(=O)O)c2[nH]1)c1ccccc1. The molecule has 0 bridgehead atoms. The zero-order valence-corrected chi connectivity index (χ0v) is 18.5. The Hall–Kier alpha value is -3.87. The van der Waals surface area contributed by atoms with Crippen molar-refractivity contribution in [3.8, 4) is 11.4 Å². The first-order valence-electron chi connectivity index (χ1n) is 11.4. The van der Waals surface area contributed by atoms with Crippen molar-refractivity contribution in [3.63, 3.8) is 0 Å². The molecule has 0 atom stereocenters. The molecule has 0 saturated heterocycles. The number of para-hydroxylation sites is 1. The fraction of sp³-hybridized carbons (Fsp3) is 0.269. The number of carboxylic acids is 1. The number of benzene rings is 1. The maximum atomic E-state index is 11.7. The summed E-state index contributed by atoms with van der Waals surface area (Å²) in [5.41, 5.74) is 7.83. The molecule has 6 rings (SSSR count). The van der Waals surface area contributed by atoms with Crippen LogP contribution in [-0.4, -0.2) is 37.9 Å². The Bertz CT molecular complexity index is 1400. The zero-order chi connectivity index (χ0) is 22.5. The van der Waals surface area contributed by atoms with Crippen LogP contribution in [0.2, 0.25) is 0 Å². The van der Waals surface area contributed by atoms with Crippen LogP contribution in [0.4, 0.5) is 5.69 Å². The third-order valence-corrected chi connectivity index (χ3v) is 6.66. The molecular weight excluding hydrogens is 414 g/mol. The number of nitrogens with zero attached hydrogens (tertiary/aromatic N) is 4. The molecule has 0 aliphatic heterocycles. The second-order valence-electron chi connectivity index (χ2n) is 8.93. The number of hydrogen-bond donors (Lipinski definition) is 2. The molecule has 1 aromatic carbocycles. The third kappa shape index (κ3) is 3.40. The minimum atomic E-state index is -0.959. The molecule has 3 aromatic heterocycles. The largest absolute Gasteiger partial charge is 0.478 e. The van der Waals surface area contributed by atoms with Gasteiger partial charge in [0.15, 0.2) is 0 Å². The second-order valence-corrected chi connectivity index (χ2v) is 8.93. The van der Waals surface area contributed by atoms with Crippen LogP contribution < -0.4 is 4.90 Å². The van der Waals surface area contributed by atoms with E-state index in [1.807, 2.05) is 24.3 Å². The van der Waals surface area contributed by atoms with E-state index in [-0.39, 0.29) is 5.56 Å². The molecule has 3 heterocycles. The van der Waals surface area contributed by atoms with Crippen molar-refractivity contribution in [1.29, 1.82) is 0 Å². The lowest BCUT2D eigenvalue weighted by Gasteiger charge is -2.25. The Morgan fingerprint density at radius 1 is 1.24 bits per heavy atom. The fourth-order valence-corrected chi connectivity index (χ4v) is 4.79. The maximum Gasteiger partial charge on any atom is 0.337 e. The molecule has 1 saturated carbocycles. The van der Waals surface area contributed by atoms with Crippen LogP contribution in [0.3, 0.4) is 0 Å². The number of allylic oxidation sites excluding steroid dienone is 1. The molecule has 7 heteroatoms. The van der Waals surface area contributed by atoms with Crippen LogP contribution in [-0.2, 0) is 13.0 Å². The second kappa shape index (κ2) is 7.62. The number of anilines is 1. The highest BCUT2D eigenvalue weighted by atomic mass is 16.4. The first-order chi connectivity index (χ1) is 16.1. The lowest BCUT2D eigenvalue weighted by Crippen LogP contribution is -2.18. The highest BCUT2D eigenvalue weighted by Gasteiger charge is 2.30. The molecule has 1 fully saturated rings. The molecule has 2 aliphatic carbocycles. The number of aromatic carboxylic acids is 1. The Kier molecular flexibility index (Phi) is 4.57. The van der Waals surface area contributed by atoms with Gasteiger partial charge in [0, 0.05) is 31.0 Å². The highest BCUT2D eigenvalue weighted by molar-refractivity contribution is 6.02. The predicted molar refractivity (Wildman–Crippen MR) is 128 cm³/mol. The summed E-state index contributed by atoms with van der Waals surface area (Å²) in [6.45, 7) is 0.874. The van der Waals surface area contributed by atoms with Crippen molar-refractivity contribution >= 4 is 28.4 Å². The normalized spacial score (nSPS) is 15.4. The van der Waals surface area contributed by atoms with Gasteiger partial charge in [-0.1, -0.05) is 24.3 Å². The van der Waals surface area contributed by atoms with Gasteiger partial charge in [0.2, 0.25) is 0 Å². The molecule has 33 heavy (non-hydrogen) atoms. The van der Waals surface area contributed by atoms with E-state index in [4.69, 9.17) is 5.10 Å². The molecule has 166 valence electrons. The molecule has 4 aromatic rings. The lowest BCUT2D eigenvalue weighted by atomic mass is 9.97. The van der Waals surface area contributed by atoms with E-state index in [1.165, 1.54) is 24.5 Å². The Balaban J connectivity index is 1.50. The first-order valence-corrected chi connectivity index (χ1v) is 11.4. The number of H-pyrrole nitrogens is 1. The van der Waals surface area contributed by atoms with Crippen LogP contribution in [0.5, 0.6) is 0 Å². The minimum absolute atomic E-state index is 0.234. The first kappa shape index (κ1) is 19.8. The van der Waals surface area contributed by atoms with E-state index >= 15 is 0 Å². The summed E-state index contributed by atoms with van der Waals surface area (Å²) in [6, 6.07) is 13.8. The summed E-state index contributed by atoms with van der Waals surface area (Å²) < 4.78 is 2.13. The van der Waals surface area contributed by atoms with E-state index < -0.39 is 5.97 Å². The van der Waals surface area contributed by atoms with Crippen LogP contribution in [0.1, 0.15) is 40.9 Å². The van der Waals surface area contributed by atoms with Gasteiger partial charge in [-0.3, -0.25) is 9.67 Å². The number of pyridine rings is 1.